The van der Waals surface area contributed by atoms with E-state index < -0.39 is 0 Å². The van der Waals surface area contributed by atoms with Crippen LogP contribution in [0.3, 0.4) is 0 Å². The molecular formula is C42H24OS. The lowest BCUT2D eigenvalue weighted by molar-refractivity contribution is 0.672. The predicted molar refractivity (Wildman–Crippen MR) is 190 cm³/mol. The van der Waals surface area contributed by atoms with E-state index in [4.69, 9.17) is 4.42 Å². The Labute approximate surface area is 257 Å². The van der Waals surface area contributed by atoms with Crippen LogP contribution in [0, 0.1) is 0 Å². The first-order valence-corrected chi connectivity index (χ1v) is 15.8. The Morgan fingerprint density at radius 2 is 0.932 bits per heavy atom. The summed E-state index contributed by atoms with van der Waals surface area (Å²) in [5.74, 6) is 0. The molecule has 0 aliphatic heterocycles. The highest BCUT2D eigenvalue weighted by Gasteiger charge is 2.20. The zero-order valence-corrected chi connectivity index (χ0v) is 24.5. The molecule has 2 heterocycles. The Bertz CT molecular complexity index is 2720. The molecule has 8 aromatic carbocycles. The Balaban J connectivity index is 1.31. The summed E-state index contributed by atoms with van der Waals surface area (Å²) in [6, 6.07) is 53.1. The van der Waals surface area contributed by atoms with Gasteiger partial charge in [-0.05, 0) is 79.5 Å². The van der Waals surface area contributed by atoms with Gasteiger partial charge in [0.1, 0.15) is 11.2 Å². The summed E-state index contributed by atoms with van der Waals surface area (Å²) in [5.41, 5.74) is 6.91. The van der Waals surface area contributed by atoms with Crippen LogP contribution in [-0.4, -0.2) is 0 Å². The number of rotatable bonds is 2. The highest BCUT2D eigenvalue weighted by Crippen LogP contribution is 2.47. The smallest absolute Gasteiger partial charge is 0.143 e. The summed E-state index contributed by atoms with van der Waals surface area (Å²) < 4.78 is 9.13. The number of hydrogen-bond donors (Lipinski definition) is 0. The van der Waals surface area contributed by atoms with Gasteiger partial charge in [0.2, 0.25) is 0 Å². The van der Waals surface area contributed by atoms with Gasteiger partial charge < -0.3 is 4.42 Å². The molecule has 0 atom stereocenters. The van der Waals surface area contributed by atoms with E-state index in [-0.39, 0.29) is 0 Å². The van der Waals surface area contributed by atoms with Crippen LogP contribution >= 0.6 is 11.3 Å². The molecule has 1 nitrogen and oxygen atoms in total. The molecule has 0 aliphatic rings. The van der Waals surface area contributed by atoms with E-state index in [9.17, 15) is 0 Å². The van der Waals surface area contributed by atoms with Crippen LogP contribution < -0.4 is 0 Å². The van der Waals surface area contributed by atoms with Crippen molar-refractivity contribution in [3.63, 3.8) is 0 Å². The number of hydrogen-bond acceptors (Lipinski definition) is 2. The van der Waals surface area contributed by atoms with Crippen molar-refractivity contribution < 1.29 is 4.42 Å². The van der Waals surface area contributed by atoms with E-state index in [0.29, 0.717) is 0 Å². The molecule has 0 saturated heterocycles. The predicted octanol–water partition coefficient (Wildman–Crippen LogP) is 12.7. The van der Waals surface area contributed by atoms with Crippen LogP contribution in [-0.2, 0) is 0 Å². The minimum absolute atomic E-state index is 0.927. The quantitative estimate of drug-likeness (QED) is 0.187. The van der Waals surface area contributed by atoms with E-state index >= 15 is 0 Å². The summed E-state index contributed by atoms with van der Waals surface area (Å²) >= 11 is 1.87. The van der Waals surface area contributed by atoms with Gasteiger partial charge in [0, 0.05) is 36.3 Å². The lowest BCUT2D eigenvalue weighted by Crippen LogP contribution is -1.91. The fraction of sp³-hybridized carbons (Fsp3) is 0. The molecule has 0 amide bonds. The maximum Gasteiger partial charge on any atom is 0.143 e. The Hall–Kier alpha value is -5.44. The second-order valence-electron chi connectivity index (χ2n) is 11.6. The standard InChI is InChI=1S/C42H24OS/c1-3-14-32-30(12-1)40(25-20-23-39-36(24-25)28-11-6-8-19-38(28)44-39)31-13-2-4-15-33(31)41(32)29-16-9-17-34-26(29)21-22-35-27-10-5-7-18-37(27)43-42(34)35/h1-24H. The van der Waals surface area contributed by atoms with Crippen molar-refractivity contribution in [3.05, 3.63) is 146 Å². The Morgan fingerprint density at radius 3 is 1.70 bits per heavy atom. The molecule has 44 heavy (non-hydrogen) atoms. The SMILES string of the molecule is c1ccc2c(c1)oc1c3cccc(-c4c5ccccc5c(-c5ccc6sc7ccccc7c6c5)c5ccccc45)c3ccc21. The van der Waals surface area contributed by atoms with E-state index in [1.807, 2.05) is 17.4 Å². The molecule has 10 aromatic rings. The zero-order valence-electron chi connectivity index (χ0n) is 23.7. The summed E-state index contributed by atoms with van der Waals surface area (Å²) in [4.78, 5) is 0. The van der Waals surface area contributed by atoms with E-state index in [0.717, 1.165) is 27.3 Å². The van der Waals surface area contributed by atoms with Crippen LogP contribution in [0.25, 0.3) is 96.7 Å². The second kappa shape index (κ2) is 9.03. The first-order valence-electron chi connectivity index (χ1n) is 15.0. The topological polar surface area (TPSA) is 13.1 Å². The van der Waals surface area contributed by atoms with Crippen molar-refractivity contribution in [3.8, 4) is 22.3 Å². The number of thiophene rings is 1. The maximum absolute atomic E-state index is 6.47. The highest BCUT2D eigenvalue weighted by molar-refractivity contribution is 7.25. The molecule has 0 saturated carbocycles. The molecule has 0 N–H and O–H groups in total. The molecule has 0 bridgehead atoms. The third kappa shape index (κ3) is 3.29. The maximum atomic E-state index is 6.47. The normalized spacial score (nSPS) is 12.1. The van der Waals surface area contributed by atoms with Crippen LogP contribution in [0.4, 0.5) is 0 Å². The van der Waals surface area contributed by atoms with Gasteiger partial charge in [-0.2, -0.15) is 0 Å². The third-order valence-electron chi connectivity index (χ3n) is 9.27. The van der Waals surface area contributed by atoms with Gasteiger partial charge >= 0.3 is 0 Å². The second-order valence-corrected chi connectivity index (χ2v) is 12.7. The van der Waals surface area contributed by atoms with Crippen molar-refractivity contribution in [2.75, 3.05) is 0 Å². The van der Waals surface area contributed by atoms with Crippen LogP contribution in [0.15, 0.2) is 150 Å². The molecule has 10 rings (SSSR count). The van der Waals surface area contributed by atoms with Crippen LogP contribution in [0.5, 0.6) is 0 Å². The lowest BCUT2D eigenvalue weighted by Gasteiger charge is -2.19. The van der Waals surface area contributed by atoms with Crippen molar-refractivity contribution in [2.24, 2.45) is 0 Å². The highest BCUT2D eigenvalue weighted by atomic mass is 32.1. The third-order valence-corrected chi connectivity index (χ3v) is 10.4. The molecular weight excluding hydrogens is 553 g/mol. The molecule has 2 aromatic heterocycles. The number of benzene rings is 8. The van der Waals surface area contributed by atoms with Gasteiger partial charge in [0.15, 0.2) is 0 Å². The Morgan fingerprint density at radius 1 is 0.364 bits per heavy atom. The van der Waals surface area contributed by atoms with E-state index in [1.54, 1.807) is 0 Å². The summed E-state index contributed by atoms with van der Waals surface area (Å²) in [5, 5.41) is 12.4. The minimum Gasteiger partial charge on any atom is -0.455 e. The first kappa shape index (κ1) is 24.0. The van der Waals surface area contributed by atoms with E-state index in [2.05, 4.69) is 140 Å². The molecule has 0 radical (unpaired) electrons. The van der Waals surface area contributed by atoms with Crippen LogP contribution in [0.2, 0.25) is 0 Å². The average molecular weight is 577 g/mol. The van der Waals surface area contributed by atoms with Crippen molar-refractivity contribution in [1.29, 1.82) is 0 Å². The number of furan rings is 1. The number of fused-ring (bicyclic) bond motifs is 10. The zero-order chi connectivity index (χ0) is 28.8. The Kier molecular flexibility index (Phi) is 4.94. The van der Waals surface area contributed by atoms with E-state index in [1.165, 1.54) is 69.4 Å². The summed E-state index contributed by atoms with van der Waals surface area (Å²) in [6.45, 7) is 0. The van der Waals surface area contributed by atoms with Crippen molar-refractivity contribution in [2.45, 2.75) is 0 Å². The summed E-state index contributed by atoms with van der Waals surface area (Å²) in [7, 11) is 0. The monoisotopic (exact) mass is 576 g/mol. The molecule has 0 spiro atoms. The van der Waals surface area contributed by atoms with Gasteiger partial charge in [-0.15, -0.1) is 11.3 Å². The molecule has 0 aliphatic carbocycles. The van der Waals surface area contributed by atoms with Crippen molar-refractivity contribution >= 4 is 85.8 Å². The first-order chi connectivity index (χ1) is 21.8. The van der Waals surface area contributed by atoms with Gasteiger partial charge in [-0.1, -0.05) is 115 Å². The largest absolute Gasteiger partial charge is 0.455 e. The van der Waals surface area contributed by atoms with Gasteiger partial charge in [-0.25, -0.2) is 0 Å². The van der Waals surface area contributed by atoms with Crippen molar-refractivity contribution in [1.82, 2.24) is 0 Å². The molecule has 2 heteroatoms. The molecule has 0 unspecified atom stereocenters. The lowest BCUT2D eigenvalue weighted by atomic mass is 9.84. The molecule has 204 valence electrons. The minimum atomic E-state index is 0.927. The fourth-order valence-electron chi connectivity index (χ4n) is 7.37. The number of para-hydroxylation sites is 1. The van der Waals surface area contributed by atoms with Crippen LogP contribution in [0.1, 0.15) is 0 Å². The van der Waals surface area contributed by atoms with Gasteiger partial charge in [-0.3, -0.25) is 0 Å². The summed E-state index contributed by atoms with van der Waals surface area (Å²) in [6.07, 6.45) is 0. The van der Waals surface area contributed by atoms with Gasteiger partial charge in [0.25, 0.3) is 0 Å². The fourth-order valence-corrected chi connectivity index (χ4v) is 8.46. The van der Waals surface area contributed by atoms with Gasteiger partial charge in [0.05, 0.1) is 0 Å². The molecule has 0 fully saturated rings. The average Bonchev–Trinajstić information content (AvgIpc) is 3.65.